The molecule has 0 aliphatic heterocycles. The minimum atomic E-state index is -0.347. The first kappa shape index (κ1) is 19.2. The average Bonchev–Trinajstić information content (AvgIpc) is 3.03. The molecule has 1 heterocycles. The van der Waals surface area contributed by atoms with Gasteiger partial charge in [0, 0.05) is 11.7 Å². The molecule has 148 valence electrons. The molecule has 4 rings (SSSR count). The Bertz CT molecular complexity index is 1010. The highest BCUT2D eigenvalue weighted by molar-refractivity contribution is 5.94. The van der Waals surface area contributed by atoms with E-state index in [-0.39, 0.29) is 23.1 Å². The van der Waals surface area contributed by atoms with Crippen LogP contribution in [-0.4, -0.2) is 16.9 Å². The number of amides is 1. The molecule has 29 heavy (non-hydrogen) atoms. The number of nitrogens with one attached hydrogen (secondary N) is 2. The lowest BCUT2D eigenvalue weighted by molar-refractivity contribution is 0.0932. The number of carbonyl (C=O) groups excluding carboxylic acids is 1. The van der Waals surface area contributed by atoms with Gasteiger partial charge in [-0.15, -0.1) is 0 Å². The van der Waals surface area contributed by atoms with E-state index in [1.54, 1.807) is 12.1 Å². The summed E-state index contributed by atoms with van der Waals surface area (Å²) in [4.78, 5) is 28.0. The Balaban J connectivity index is 1.49. The molecule has 1 aromatic heterocycles. The topological polar surface area (TPSA) is 62.0 Å². The third-order valence-corrected chi connectivity index (χ3v) is 5.65. The van der Waals surface area contributed by atoms with Crippen molar-refractivity contribution in [1.82, 2.24) is 10.3 Å². The van der Waals surface area contributed by atoms with Gasteiger partial charge in [-0.3, -0.25) is 9.59 Å². The number of hydrogen-bond donors (Lipinski definition) is 2. The highest BCUT2D eigenvalue weighted by Gasteiger charge is 2.18. The maximum atomic E-state index is 12.6. The Labute approximate surface area is 171 Å². The Morgan fingerprint density at radius 3 is 2.03 bits per heavy atom. The van der Waals surface area contributed by atoms with E-state index >= 15 is 0 Å². The van der Waals surface area contributed by atoms with Crippen LogP contribution in [0.3, 0.4) is 0 Å². The standard InChI is InChI=1S/C25H26N2O2/c28-24(26-21-10-6-1-2-7-11-21)22-16-17-23(27-25(22)29)20-14-12-19(13-15-20)18-8-4-3-5-9-18/h3-5,8-9,12-17,21H,1-2,6-7,10-11H2,(H,26,28)(H,27,29). The molecular weight excluding hydrogens is 360 g/mol. The molecule has 3 aromatic rings. The van der Waals surface area contributed by atoms with Crippen LogP contribution in [0.15, 0.2) is 71.5 Å². The van der Waals surface area contributed by atoms with E-state index in [2.05, 4.69) is 22.4 Å². The summed E-state index contributed by atoms with van der Waals surface area (Å²) in [5.41, 5.74) is 3.73. The van der Waals surface area contributed by atoms with Crippen LogP contribution in [0.4, 0.5) is 0 Å². The highest BCUT2D eigenvalue weighted by Crippen LogP contribution is 2.23. The summed E-state index contributed by atoms with van der Waals surface area (Å²) < 4.78 is 0. The van der Waals surface area contributed by atoms with Crippen molar-refractivity contribution in [2.45, 2.75) is 44.6 Å². The van der Waals surface area contributed by atoms with Crippen LogP contribution in [0.5, 0.6) is 0 Å². The molecule has 0 atom stereocenters. The lowest BCUT2D eigenvalue weighted by Crippen LogP contribution is -2.37. The minimum absolute atomic E-state index is 0.176. The maximum absolute atomic E-state index is 12.6. The Kier molecular flexibility index (Phi) is 5.89. The zero-order valence-electron chi connectivity index (χ0n) is 16.5. The van der Waals surface area contributed by atoms with Crippen LogP contribution in [0.25, 0.3) is 22.4 Å². The smallest absolute Gasteiger partial charge is 0.261 e. The van der Waals surface area contributed by atoms with Gasteiger partial charge in [0.05, 0.1) is 0 Å². The first-order valence-electron chi connectivity index (χ1n) is 10.4. The number of aromatic nitrogens is 1. The monoisotopic (exact) mass is 386 g/mol. The van der Waals surface area contributed by atoms with Crippen molar-refractivity contribution < 1.29 is 4.79 Å². The lowest BCUT2D eigenvalue weighted by atomic mass is 10.0. The van der Waals surface area contributed by atoms with Crippen molar-refractivity contribution >= 4 is 5.91 Å². The molecule has 1 saturated carbocycles. The van der Waals surface area contributed by atoms with Crippen molar-refractivity contribution in [2.24, 2.45) is 0 Å². The summed E-state index contributed by atoms with van der Waals surface area (Å²) in [5.74, 6) is -0.274. The SMILES string of the molecule is O=C(NC1CCCCCC1)c1ccc(-c2ccc(-c3ccccc3)cc2)[nH]c1=O. The van der Waals surface area contributed by atoms with Crippen molar-refractivity contribution in [1.29, 1.82) is 0 Å². The van der Waals surface area contributed by atoms with Gasteiger partial charge >= 0.3 is 0 Å². The van der Waals surface area contributed by atoms with Gasteiger partial charge in [0.2, 0.25) is 0 Å². The lowest BCUT2D eigenvalue weighted by Gasteiger charge is -2.16. The number of carbonyl (C=O) groups is 1. The average molecular weight is 386 g/mol. The molecule has 0 unspecified atom stereocenters. The van der Waals surface area contributed by atoms with Gasteiger partial charge in [-0.05, 0) is 41.7 Å². The fourth-order valence-corrected chi connectivity index (χ4v) is 3.98. The quantitative estimate of drug-likeness (QED) is 0.608. The minimum Gasteiger partial charge on any atom is -0.349 e. The van der Waals surface area contributed by atoms with Crippen LogP contribution < -0.4 is 10.9 Å². The number of pyridine rings is 1. The van der Waals surface area contributed by atoms with E-state index in [9.17, 15) is 9.59 Å². The molecule has 2 aromatic carbocycles. The van der Waals surface area contributed by atoms with Crippen LogP contribution in [0, 0.1) is 0 Å². The zero-order chi connectivity index (χ0) is 20.1. The van der Waals surface area contributed by atoms with E-state index in [1.165, 1.54) is 12.8 Å². The molecule has 1 amide bonds. The van der Waals surface area contributed by atoms with Gasteiger partial charge in [0.25, 0.3) is 11.5 Å². The first-order chi connectivity index (χ1) is 14.2. The van der Waals surface area contributed by atoms with E-state index in [4.69, 9.17) is 0 Å². The third kappa shape index (κ3) is 4.65. The first-order valence-corrected chi connectivity index (χ1v) is 10.4. The van der Waals surface area contributed by atoms with Crippen LogP contribution in [-0.2, 0) is 0 Å². The summed E-state index contributed by atoms with van der Waals surface area (Å²) in [6, 6.07) is 21.8. The van der Waals surface area contributed by atoms with Gasteiger partial charge in [0.1, 0.15) is 5.56 Å². The molecule has 0 bridgehead atoms. The highest BCUT2D eigenvalue weighted by atomic mass is 16.2. The molecule has 0 radical (unpaired) electrons. The van der Waals surface area contributed by atoms with Gasteiger partial charge in [-0.25, -0.2) is 0 Å². The number of aromatic amines is 1. The molecular formula is C25H26N2O2. The summed E-state index contributed by atoms with van der Waals surface area (Å²) in [7, 11) is 0. The molecule has 1 aliphatic carbocycles. The van der Waals surface area contributed by atoms with E-state index < -0.39 is 0 Å². The molecule has 0 saturated heterocycles. The molecule has 4 heteroatoms. The molecule has 1 aliphatic rings. The molecule has 2 N–H and O–H groups in total. The summed E-state index contributed by atoms with van der Waals surface area (Å²) in [6.07, 6.45) is 6.72. The molecule has 4 nitrogen and oxygen atoms in total. The van der Waals surface area contributed by atoms with Crippen molar-refractivity contribution in [3.05, 3.63) is 82.6 Å². The van der Waals surface area contributed by atoms with Crippen molar-refractivity contribution in [3.63, 3.8) is 0 Å². The van der Waals surface area contributed by atoms with E-state index in [1.807, 2.05) is 42.5 Å². The maximum Gasteiger partial charge on any atom is 0.261 e. The number of H-pyrrole nitrogens is 1. The van der Waals surface area contributed by atoms with E-state index in [0.717, 1.165) is 42.4 Å². The predicted octanol–water partition coefficient (Wildman–Crippen LogP) is 5.16. The third-order valence-electron chi connectivity index (χ3n) is 5.65. The largest absolute Gasteiger partial charge is 0.349 e. The van der Waals surface area contributed by atoms with E-state index in [0.29, 0.717) is 5.69 Å². The van der Waals surface area contributed by atoms with Crippen LogP contribution in [0.2, 0.25) is 0 Å². The Morgan fingerprint density at radius 1 is 0.759 bits per heavy atom. The second-order valence-electron chi connectivity index (χ2n) is 7.72. The number of hydrogen-bond acceptors (Lipinski definition) is 2. The fraction of sp³-hybridized carbons (Fsp3) is 0.280. The van der Waals surface area contributed by atoms with Gasteiger partial charge < -0.3 is 10.3 Å². The Hall–Kier alpha value is -3.14. The summed E-state index contributed by atoms with van der Waals surface area (Å²) in [6.45, 7) is 0. The fourth-order valence-electron chi connectivity index (χ4n) is 3.98. The van der Waals surface area contributed by atoms with Crippen LogP contribution in [0.1, 0.15) is 48.9 Å². The second kappa shape index (κ2) is 8.91. The summed E-state index contributed by atoms with van der Waals surface area (Å²) in [5, 5.41) is 3.04. The van der Waals surface area contributed by atoms with Gasteiger partial charge in [-0.2, -0.15) is 0 Å². The van der Waals surface area contributed by atoms with Gasteiger partial charge in [0.15, 0.2) is 0 Å². The zero-order valence-corrected chi connectivity index (χ0v) is 16.5. The number of benzene rings is 2. The van der Waals surface area contributed by atoms with Crippen molar-refractivity contribution in [2.75, 3.05) is 0 Å². The Morgan fingerprint density at radius 2 is 1.38 bits per heavy atom. The second-order valence-corrected chi connectivity index (χ2v) is 7.72. The van der Waals surface area contributed by atoms with Crippen LogP contribution >= 0.6 is 0 Å². The van der Waals surface area contributed by atoms with Crippen molar-refractivity contribution in [3.8, 4) is 22.4 Å². The molecule has 0 spiro atoms. The molecule has 1 fully saturated rings. The summed E-state index contributed by atoms with van der Waals surface area (Å²) >= 11 is 0. The number of rotatable bonds is 4. The van der Waals surface area contributed by atoms with Gasteiger partial charge in [-0.1, -0.05) is 80.3 Å². The predicted molar refractivity (Wildman–Crippen MR) is 117 cm³/mol. The normalized spacial score (nSPS) is 14.9.